The van der Waals surface area contributed by atoms with Crippen LogP contribution in [-0.2, 0) is 46.0 Å². The zero-order valence-electron chi connectivity index (χ0n) is 61.0. The van der Waals surface area contributed by atoms with Crippen LogP contribution in [0.15, 0.2) is 201 Å². The van der Waals surface area contributed by atoms with Crippen molar-refractivity contribution in [3.8, 4) is 0 Å². The van der Waals surface area contributed by atoms with Crippen molar-refractivity contribution in [2.75, 3.05) is 48.9 Å². The molecule has 0 radical (unpaired) electrons. The minimum absolute atomic E-state index is 0. The monoisotopic (exact) mass is 2120 g/mol. The van der Waals surface area contributed by atoms with E-state index in [-0.39, 0.29) is 53.7 Å². The molecule has 0 heterocycles. The molecule has 0 spiro atoms. The summed E-state index contributed by atoms with van der Waals surface area (Å²) in [6, 6.07) is 55.2. The summed E-state index contributed by atoms with van der Waals surface area (Å²) in [6.45, 7) is 0. The van der Waals surface area contributed by atoms with Gasteiger partial charge in [-0.25, -0.2) is 9.27 Å². The number of nitrogens with zero attached hydrogens (tertiary/aromatic N) is 1. The Bertz CT molecular complexity index is 3450. The van der Waals surface area contributed by atoms with E-state index in [9.17, 15) is 33.0 Å². The third kappa shape index (κ3) is 47.2. The number of hydrogen-bond acceptors (Lipinski definition) is 9. The molecule has 6 atom stereocenters. The van der Waals surface area contributed by atoms with Crippen molar-refractivity contribution in [1.82, 2.24) is 5.06 Å². The molecule has 7 aromatic rings. The Morgan fingerprint density at radius 3 is 1.15 bits per heavy atom. The first kappa shape index (κ1) is 105. The number of likely N-dealkylation sites (N-methyl/N-ethyl adjacent to an activating group) is 1. The van der Waals surface area contributed by atoms with E-state index in [1.165, 1.54) is 96.5 Å². The number of aldehydes is 1. The molecule has 2 fully saturated rings. The molecule has 0 bridgehead atoms. The fourth-order valence-electron chi connectivity index (χ4n) is 11.2. The minimum atomic E-state index is -2.74. The van der Waals surface area contributed by atoms with Gasteiger partial charge in [0.05, 0.1) is 36.7 Å². The number of carboxylic acids is 2. The number of rotatable bonds is 29. The Balaban J connectivity index is 0.000000625. The second-order valence-electron chi connectivity index (χ2n) is 24.7. The SMILES string of the molecule is Brc1ccc(C2CCCCC2)cc1.Brc1ccc(C2CCCCC2)cc1.CON(C)C(=O)C(CCCCl)c1ccc(Br)cc1.ClCCCBr.O=C(O)C(CCCCl)c1ccc(Br)cc1.O=C(O)Cc1ccc(Br)cc1.O=CC(CCCCl)c1ccc(Br)cc1.O=S([O-])OC(O)C(CCCCl)c1ccc(Br)cc1.[Na+]. The summed E-state index contributed by atoms with van der Waals surface area (Å²) in [4.78, 5) is 49.3. The van der Waals surface area contributed by atoms with Crippen molar-refractivity contribution in [2.45, 2.75) is 170 Å². The molecular weight excluding hydrogens is 2030 g/mol. The van der Waals surface area contributed by atoms with Crippen LogP contribution in [0, 0.1) is 0 Å². The second-order valence-corrected chi connectivity index (χ2v) is 34.4. The van der Waals surface area contributed by atoms with E-state index >= 15 is 0 Å². The van der Waals surface area contributed by atoms with Gasteiger partial charge in [-0.2, -0.15) is 0 Å². The molecule has 0 saturated heterocycles. The predicted octanol–water partition coefficient (Wildman–Crippen LogP) is 23.7. The van der Waals surface area contributed by atoms with E-state index in [2.05, 4.69) is 180 Å². The van der Waals surface area contributed by atoms with Gasteiger partial charge in [-0.3, -0.25) is 23.4 Å². The Morgan fingerprint density at radius 2 is 0.824 bits per heavy atom. The Kier molecular flexibility index (Phi) is 63.1. The number of hydrogen-bond donors (Lipinski definition) is 3. The molecule has 2 aliphatic rings. The van der Waals surface area contributed by atoms with E-state index in [1.54, 1.807) is 19.2 Å². The largest absolute Gasteiger partial charge is 1.00 e. The van der Waals surface area contributed by atoms with Gasteiger partial charge in [0.25, 0.3) is 5.91 Å². The molecule has 0 aliphatic heterocycles. The first-order valence-electron chi connectivity index (χ1n) is 35.2. The van der Waals surface area contributed by atoms with Gasteiger partial charge < -0.3 is 24.7 Å². The summed E-state index contributed by atoms with van der Waals surface area (Å²) in [6.07, 6.45) is 20.6. The van der Waals surface area contributed by atoms with Gasteiger partial charge in [0, 0.05) is 84.9 Å². The number of aliphatic carboxylic acids is 2. The Labute approximate surface area is 757 Å². The van der Waals surface area contributed by atoms with Crippen LogP contribution in [0.1, 0.15) is 196 Å². The maximum absolute atomic E-state index is 12.2. The molecule has 9 rings (SSSR count). The van der Waals surface area contributed by atoms with Gasteiger partial charge in [0.1, 0.15) is 6.29 Å². The molecule has 27 heteroatoms. The van der Waals surface area contributed by atoms with Gasteiger partial charge in [0.2, 0.25) is 0 Å². The van der Waals surface area contributed by atoms with Crippen LogP contribution in [0.3, 0.4) is 0 Å². The molecule has 2 aliphatic carbocycles. The van der Waals surface area contributed by atoms with E-state index in [4.69, 9.17) is 73.1 Å². The van der Waals surface area contributed by atoms with E-state index in [1.807, 2.05) is 109 Å². The molecule has 6 unspecified atom stereocenters. The maximum atomic E-state index is 12.2. The van der Waals surface area contributed by atoms with Crippen molar-refractivity contribution in [1.29, 1.82) is 0 Å². The van der Waals surface area contributed by atoms with Gasteiger partial charge in [-0.1, -0.05) is 251 Å². The number of halogens is 13. The molecule has 12 nitrogen and oxygen atoms in total. The third-order valence-corrected chi connectivity index (χ3v) is 22.9. The average Bonchev–Trinajstić information content (AvgIpc) is 0.861. The number of carboxylic acid groups (broad SMARTS) is 2. The van der Waals surface area contributed by atoms with Gasteiger partial charge in [-0.05, 0) is 219 Å². The molecule has 1 amide bonds. The number of alkyl halides is 6. The van der Waals surface area contributed by atoms with Gasteiger partial charge >= 0.3 is 41.5 Å². The smallest absolute Gasteiger partial charge is 0.750 e. The minimum Gasteiger partial charge on any atom is -0.750 e. The van der Waals surface area contributed by atoms with Crippen molar-refractivity contribution in [3.63, 3.8) is 0 Å². The number of amides is 1. The normalized spacial score (nSPS) is 14.0. The van der Waals surface area contributed by atoms with Gasteiger partial charge in [0.15, 0.2) is 6.29 Å². The third-order valence-electron chi connectivity index (χ3n) is 17.0. The topological polar surface area (TPSA) is 191 Å². The predicted molar refractivity (Wildman–Crippen MR) is 471 cm³/mol. The van der Waals surface area contributed by atoms with Crippen LogP contribution in [-0.4, -0.2) is 108 Å². The molecule has 2 saturated carbocycles. The fourth-order valence-corrected chi connectivity index (χ4v) is 14.7. The van der Waals surface area contributed by atoms with Crippen LogP contribution >= 0.6 is 185 Å². The van der Waals surface area contributed by atoms with Gasteiger partial charge in [-0.15, -0.1) is 58.0 Å². The molecule has 7 aromatic carbocycles. The van der Waals surface area contributed by atoms with Crippen molar-refractivity contribution in [2.24, 2.45) is 0 Å². The molecule has 590 valence electrons. The summed E-state index contributed by atoms with van der Waals surface area (Å²) in [5.74, 6) is 1.82. The Morgan fingerprint density at radius 1 is 0.500 bits per heavy atom. The summed E-state index contributed by atoms with van der Waals surface area (Å²) >= 11 is 51.8. The zero-order chi connectivity index (χ0) is 79.3. The number of aliphatic hydroxyl groups excluding tert-OH is 1. The van der Waals surface area contributed by atoms with Crippen molar-refractivity contribution < 1.29 is 81.8 Å². The van der Waals surface area contributed by atoms with Crippen LogP contribution in [0.2, 0.25) is 0 Å². The molecule has 0 aromatic heterocycles. The maximum Gasteiger partial charge on any atom is 1.00 e. The van der Waals surface area contributed by atoms with Crippen LogP contribution in [0.5, 0.6) is 0 Å². The number of hydroxylamine groups is 2. The summed E-state index contributed by atoms with van der Waals surface area (Å²) < 4.78 is 32.6. The molecule has 3 N–H and O–H groups in total. The summed E-state index contributed by atoms with van der Waals surface area (Å²) in [5, 5.41) is 29.5. The van der Waals surface area contributed by atoms with Crippen molar-refractivity contribution in [3.05, 3.63) is 240 Å². The van der Waals surface area contributed by atoms with E-state index in [0.717, 1.165) is 112 Å². The number of benzene rings is 7. The van der Waals surface area contributed by atoms with E-state index < -0.39 is 41.4 Å². The number of carbonyl (C=O) groups excluding carboxylic acids is 2. The first-order chi connectivity index (χ1) is 51.4. The fraction of sp³-hybridized carbons (Fsp3) is 0.432. The number of carbonyl (C=O) groups is 4. The van der Waals surface area contributed by atoms with Crippen LogP contribution in [0.4, 0.5) is 0 Å². The Hall–Kier alpha value is -1.10. The average molecular weight is 2130 g/mol. The summed E-state index contributed by atoms with van der Waals surface area (Å²) in [5.41, 5.74) is 7.56. The van der Waals surface area contributed by atoms with Crippen LogP contribution < -0.4 is 29.6 Å². The van der Waals surface area contributed by atoms with E-state index in [0.29, 0.717) is 49.2 Å². The number of aliphatic hydroxyl groups is 1. The van der Waals surface area contributed by atoms with Crippen molar-refractivity contribution >= 4 is 221 Å². The molecular formula is C81H97Br8Cl5NNaO11S. The standard InChI is InChI=1S/C13H17BrClNO2.2C12H15Br.C11H14BrClO4S.C11H12BrClO2.C11H12BrClO.C8H7BrO2.C3H6BrCl.Na/c1-16(18-2)13(17)12(4-3-9-15)10-5-7-11(14)8-6-10;2*13-12-8-6-11(7-9-12)10-4-2-1-3-5-10;12-9-5-3-8(4-6-9)10(2-1-7-13)11(14)17-18(15)16;12-9-5-3-8(4-6-9)10(11(14)15)2-1-7-13;12-11-5-3-9(4-6-11)10(8-14)2-1-7-13;9-7-3-1-6(2-4-7)5-8(10)11;4-2-1-3-5;/h5-8,12H,3-4,9H2,1-2H3;2*6-10H,1-5H2;3-6,10-11,14H,1-2,7H2,(H,15,16);3-6,10H,1-2,7H2,(H,14,15);3-6,8,10H,1-2,7H2;1-4H,5H2,(H,10,11);1-3H2;/q;;;;;;;;+1/p-1. The second kappa shape index (κ2) is 65.0. The first-order valence-corrected chi connectivity index (χ1v) is 45.5. The quantitative estimate of drug-likeness (QED) is 0.0101. The summed E-state index contributed by atoms with van der Waals surface area (Å²) in [7, 11) is 3.10. The van der Waals surface area contributed by atoms with Crippen LogP contribution in [0.25, 0.3) is 0 Å². The molecule has 108 heavy (non-hydrogen) atoms. The zero-order valence-corrected chi connectivity index (χ0v) is 80.3.